The van der Waals surface area contributed by atoms with Crippen LogP contribution in [0.3, 0.4) is 0 Å². The number of aliphatic hydroxyl groups excluding tert-OH is 2. The third-order valence-electron chi connectivity index (χ3n) is 5.15. The number of ether oxygens (including phenoxy) is 1. The summed E-state index contributed by atoms with van der Waals surface area (Å²) < 4.78 is 5.38. The van der Waals surface area contributed by atoms with Crippen LogP contribution < -0.4 is 5.32 Å². The van der Waals surface area contributed by atoms with Gasteiger partial charge in [-0.25, -0.2) is 14.6 Å². The number of carboxylic acid groups (broad SMARTS) is 1. The topological polar surface area (TPSA) is 129 Å². The van der Waals surface area contributed by atoms with Crippen molar-refractivity contribution in [3.05, 3.63) is 75.7 Å². The minimum absolute atomic E-state index is 0.0502. The van der Waals surface area contributed by atoms with Gasteiger partial charge in [0.25, 0.3) is 0 Å². The summed E-state index contributed by atoms with van der Waals surface area (Å²) in [5.41, 5.74) is 4.42. The van der Waals surface area contributed by atoms with Crippen LogP contribution in [0.15, 0.2) is 54.7 Å². The summed E-state index contributed by atoms with van der Waals surface area (Å²) in [7, 11) is 0. The lowest BCUT2D eigenvalue weighted by Crippen LogP contribution is -2.36. The average Bonchev–Trinajstić information content (AvgIpc) is 3.39. The molecule has 0 bridgehead atoms. The number of carbonyl (C=O) groups excluding carboxylic acids is 1. The first kappa shape index (κ1) is 21.0. The Morgan fingerprint density at radius 3 is 2.26 bits per heavy atom. The lowest BCUT2D eigenvalue weighted by molar-refractivity contribution is 0.0184. The molecule has 0 radical (unpaired) electrons. The predicted molar refractivity (Wildman–Crippen MR) is 113 cm³/mol. The minimum atomic E-state index is -1.42. The van der Waals surface area contributed by atoms with Crippen LogP contribution in [0.2, 0.25) is 0 Å². The molecule has 1 heterocycles. The van der Waals surface area contributed by atoms with Gasteiger partial charge >= 0.3 is 12.1 Å². The molecule has 2 aromatic carbocycles. The van der Waals surface area contributed by atoms with E-state index >= 15 is 0 Å². The second-order valence-electron chi connectivity index (χ2n) is 7.09. The normalized spacial score (nSPS) is 14.4. The molecule has 0 fully saturated rings. The maximum absolute atomic E-state index is 12.2. The number of nitrogens with one attached hydrogen (secondary N) is 1. The lowest BCUT2D eigenvalue weighted by Gasteiger charge is -2.18. The molecule has 2 unspecified atom stereocenters. The van der Waals surface area contributed by atoms with Crippen molar-refractivity contribution in [3.63, 3.8) is 0 Å². The van der Waals surface area contributed by atoms with Crippen molar-refractivity contribution < 1.29 is 29.6 Å². The average molecular weight is 440 g/mol. The second kappa shape index (κ2) is 8.84. The molecule has 0 saturated heterocycles. The van der Waals surface area contributed by atoms with Crippen molar-refractivity contribution in [2.24, 2.45) is 0 Å². The SMILES string of the molecule is O=C(NCC(O)C(O)c1ncc(C(=O)O)s1)OCC1c2ccccc2-c2ccccc21. The van der Waals surface area contributed by atoms with Crippen LogP contribution in [-0.4, -0.2) is 51.6 Å². The van der Waals surface area contributed by atoms with E-state index in [-0.39, 0.29) is 29.0 Å². The van der Waals surface area contributed by atoms with E-state index in [2.05, 4.69) is 10.3 Å². The highest BCUT2D eigenvalue weighted by Crippen LogP contribution is 2.44. The van der Waals surface area contributed by atoms with E-state index in [1.165, 1.54) is 0 Å². The number of carboxylic acids is 1. The first-order chi connectivity index (χ1) is 15.0. The van der Waals surface area contributed by atoms with Crippen molar-refractivity contribution in [2.75, 3.05) is 13.2 Å². The number of alkyl carbamates (subject to hydrolysis) is 1. The van der Waals surface area contributed by atoms with Gasteiger partial charge < -0.3 is 25.4 Å². The van der Waals surface area contributed by atoms with Crippen molar-refractivity contribution in [1.29, 1.82) is 0 Å². The summed E-state index contributed by atoms with van der Waals surface area (Å²) in [6.07, 6.45) is -2.41. The Bertz CT molecular complexity index is 1070. The van der Waals surface area contributed by atoms with Crippen molar-refractivity contribution in [1.82, 2.24) is 10.3 Å². The fourth-order valence-corrected chi connectivity index (χ4v) is 4.44. The molecule has 9 heteroatoms. The number of thiazole rings is 1. The number of fused-ring (bicyclic) bond motifs is 3. The van der Waals surface area contributed by atoms with Gasteiger partial charge in [-0.05, 0) is 22.3 Å². The highest BCUT2D eigenvalue weighted by molar-refractivity contribution is 7.13. The Balaban J connectivity index is 1.33. The fraction of sp³-hybridized carbons (Fsp3) is 0.227. The van der Waals surface area contributed by atoms with Crippen LogP contribution in [0.25, 0.3) is 11.1 Å². The first-order valence-corrected chi connectivity index (χ1v) is 10.4. The Morgan fingerprint density at radius 1 is 1.06 bits per heavy atom. The van der Waals surface area contributed by atoms with Gasteiger partial charge in [0.2, 0.25) is 0 Å². The number of rotatable bonds is 7. The zero-order chi connectivity index (χ0) is 22.0. The number of hydrogen-bond acceptors (Lipinski definition) is 7. The standard InChI is InChI=1S/C22H20N2O6S/c25-17(19(26)20-23-10-18(31-20)21(27)28)9-24-22(29)30-11-16-14-7-3-1-5-12(14)13-6-2-4-8-15(13)16/h1-8,10,16-17,19,25-26H,9,11H2,(H,24,29)(H,27,28). The molecule has 1 aromatic heterocycles. The highest BCUT2D eigenvalue weighted by atomic mass is 32.1. The zero-order valence-electron chi connectivity index (χ0n) is 16.3. The molecule has 31 heavy (non-hydrogen) atoms. The van der Waals surface area contributed by atoms with Gasteiger partial charge in [-0.2, -0.15) is 0 Å². The molecule has 3 aromatic rings. The molecule has 4 N–H and O–H groups in total. The van der Waals surface area contributed by atoms with Crippen molar-refractivity contribution in [2.45, 2.75) is 18.1 Å². The molecule has 0 aliphatic heterocycles. The molecule has 1 aliphatic carbocycles. The third-order valence-corrected chi connectivity index (χ3v) is 6.21. The summed E-state index contributed by atoms with van der Waals surface area (Å²) in [6.45, 7) is -0.146. The maximum Gasteiger partial charge on any atom is 0.407 e. The van der Waals surface area contributed by atoms with E-state index in [9.17, 15) is 19.8 Å². The van der Waals surface area contributed by atoms with Crippen molar-refractivity contribution >= 4 is 23.4 Å². The molecule has 2 atom stereocenters. The van der Waals surface area contributed by atoms with E-state index in [4.69, 9.17) is 9.84 Å². The summed E-state index contributed by atoms with van der Waals surface area (Å²) >= 11 is 0.761. The molecule has 8 nitrogen and oxygen atoms in total. The first-order valence-electron chi connectivity index (χ1n) is 9.59. The summed E-state index contributed by atoms with van der Waals surface area (Å²) in [4.78, 5) is 26.8. The van der Waals surface area contributed by atoms with Crippen LogP contribution >= 0.6 is 11.3 Å². The third kappa shape index (κ3) is 4.29. The van der Waals surface area contributed by atoms with Gasteiger partial charge in [0.1, 0.15) is 28.7 Å². The quantitative estimate of drug-likeness (QED) is 0.445. The van der Waals surface area contributed by atoms with Gasteiger partial charge in [-0.15, -0.1) is 11.3 Å². The summed E-state index contributed by atoms with van der Waals surface area (Å²) in [5, 5.41) is 31.6. The number of aliphatic hydroxyl groups is 2. The highest BCUT2D eigenvalue weighted by Gasteiger charge is 2.29. The Kier molecular flexibility index (Phi) is 5.99. The van der Waals surface area contributed by atoms with Gasteiger partial charge in [0.15, 0.2) is 0 Å². The number of amides is 1. The molecular formula is C22H20N2O6S. The Labute approximate surface area is 181 Å². The van der Waals surface area contributed by atoms with E-state index in [0.29, 0.717) is 0 Å². The van der Waals surface area contributed by atoms with Gasteiger partial charge in [-0.3, -0.25) is 0 Å². The second-order valence-corrected chi connectivity index (χ2v) is 8.15. The van der Waals surface area contributed by atoms with Crippen LogP contribution in [0, 0.1) is 0 Å². The summed E-state index contributed by atoms with van der Waals surface area (Å²) in [5.74, 6) is -1.25. The molecule has 0 spiro atoms. The van der Waals surface area contributed by atoms with Gasteiger partial charge in [0.05, 0.1) is 6.20 Å². The monoisotopic (exact) mass is 440 g/mol. The van der Waals surface area contributed by atoms with Crippen LogP contribution in [0.5, 0.6) is 0 Å². The Hall–Kier alpha value is -3.27. The number of aromatic carboxylic acids is 1. The van der Waals surface area contributed by atoms with Gasteiger partial charge in [0, 0.05) is 12.5 Å². The lowest BCUT2D eigenvalue weighted by atomic mass is 9.98. The molecule has 1 amide bonds. The van der Waals surface area contributed by atoms with Crippen molar-refractivity contribution in [3.8, 4) is 11.1 Å². The van der Waals surface area contributed by atoms with E-state index in [1.54, 1.807) is 0 Å². The van der Waals surface area contributed by atoms with Gasteiger partial charge in [-0.1, -0.05) is 48.5 Å². The van der Waals surface area contributed by atoms with E-state index in [0.717, 1.165) is 39.8 Å². The van der Waals surface area contributed by atoms with E-state index in [1.807, 2.05) is 48.5 Å². The van der Waals surface area contributed by atoms with E-state index < -0.39 is 24.3 Å². The number of aromatic nitrogens is 1. The van der Waals surface area contributed by atoms with Crippen LogP contribution in [0.1, 0.15) is 37.8 Å². The molecule has 1 aliphatic rings. The largest absolute Gasteiger partial charge is 0.477 e. The number of nitrogens with zero attached hydrogens (tertiary/aromatic N) is 1. The number of benzene rings is 2. The molecule has 4 rings (SSSR count). The minimum Gasteiger partial charge on any atom is -0.477 e. The predicted octanol–water partition coefficient (Wildman–Crippen LogP) is 2.77. The number of hydrogen-bond donors (Lipinski definition) is 4. The Morgan fingerprint density at radius 2 is 1.68 bits per heavy atom. The van der Waals surface area contributed by atoms with Crippen LogP contribution in [-0.2, 0) is 4.74 Å². The molecule has 0 saturated carbocycles. The van der Waals surface area contributed by atoms with Crippen LogP contribution in [0.4, 0.5) is 4.79 Å². The summed E-state index contributed by atoms with van der Waals surface area (Å²) in [6, 6.07) is 16.0. The molecular weight excluding hydrogens is 420 g/mol. The number of carbonyl (C=O) groups is 2. The molecule has 160 valence electrons. The fourth-order valence-electron chi connectivity index (χ4n) is 3.64. The maximum atomic E-state index is 12.2. The zero-order valence-corrected chi connectivity index (χ0v) is 17.1. The smallest absolute Gasteiger partial charge is 0.407 e.